The number of hydrogen-bond acceptors (Lipinski definition) is 5. The summed E-state index contributed by atoms with van der Waals surface area (Å²) < 4.78 is 113. The second-order valence-electron chi connectivity index (χ2n) is 8.62. The predicted octanol–water partition coefficient (Wildman–Crippen LogP) is 7.04. The second kappa shape index (κ2) is 9.68. The quantitative estimate of drug-likeness (QED) is 0.305. The number of nitrogens with one attached hydrogen (secondary N) is 2. The van der Waals surface area contributed by atoms with Gasteiger partial charge in [0.15, 0.2) is 0 Å². The number of hydrogen-bond donors (Lipinski definition) is 2. The maximum Gasteiger partial charge on any atom is 0.419 e. The summed E-state index contributed by atoms with van der Waals surface area (Å²) in [5, 5.41) is 3.01. The Morgan fingerprint density at radius 3 is 2.27 bits per heavy atom. The third-order valence-electron chi connectivity index (χ3n) is 5.68. The Hall–Kier alpha value is -2.48. The van der Waals surface area contributed by atoms with Gasteiger partial charge in [-0.3, -0.25) is 4.72 Å². The van der Waals surface area contributed by atoms with Crippen molar-refractivity contribution in [2.75, 3.05) is 17.8 Å². The molecular formula is C23H19ClF6N2O3S2. The van der Waals surface area contributed by atoms with Crippen LogP contribution in [0.15, 0.2) is 52.7 Å². The highest BCUT2D eigenvalue weighted by Crippen LogP contribution is 2.42. The summed E-state index contributed by atoms with van der Waals surface area (Å²) >= 11 is 6.83. The maximum atomic E-state index is 13.6. The van der Waals surface area contributed by atoms with E-state index in [1.54, 1.807) is 6.92 Å². The van der Waals surface area contributed by atoms with Crippen molar-refractivity contribution in [1.29, 1.82) is 0 Å². The third kappa shape index (κ3) is 6.16. The first-order chi connectivity index (χ1) is 17.1. The zero-order chi connectivity index (χ0) is 27.2. The van der Waals surface area contributed by atoms with Crippen LogP contribution in [0, 0.1) is 0 Å². The standard InChI is InChI=1S/C23H19ClF6N2O3S2/c1-21(8-9-31-12-21)35-18-10-15(6-7-17(18)23(28,29)30)32-37(33,34)19-11-16(20(24)36-19)13-2-4-14(5-3-13)22(25,26)27/h2-7,10-11,31-32H,8-9,12H2,1H3/t21-/m1/s1. The summed E-state index contributed by atoms with van der Waals surface area (Å²) in [6.45, 7) is 2.53. The minimum absolute atomic E-state index is 0.0123. The zero-order valence-corrected chi connectivity index (χ0v) is 21.3. The van der Waals surface area contributed by atoms with E-state index in [-0.39, 0.29) is 25.4 Å². The summed E-state index contributed by atoms with van der Waals surface area (Å²) in [4.78, 5) is 0. The lowest BCUT2D eigenvalue weighted by Gasteiger charge is -2.27. The fraction of sp³-hybridized carbons (Fsp3) is 0.304. The molecule has 0 unspecified atom stereocenters. The smallest absolute Gasteiger partial charge is 0.419 e. The average molecular weight is 585 g/mol. The fourth-order valence-corrected chi connectivity index (χ4v) is 6.59. The summed E-state index contributed by atoms with van der Waals surface area (Å²) in [6.07, 6.45) is -8.81. The van der Waals surface area contributed by atoms with Gasteiger partial charge in [-0.15, -0.1) is 11.3 Å². The molecule has 1 saturated heterocycles. The highest BCUT2D eigenvalue weighted by atomic mass is 35.5. The van der Waals surface area contributed by atoms with Crippen molar-refractivity contribution < 1.29 is 39.5 Å². The molecule has 1 fully saturated rings. The first-order valence-corrected chi connectivity index (χ1v) is 13.4. The molecular weight excluding hydrogens is 566 g/mol. The van der Waals surface area contributed by atoms with E-state index in [4.69, 9.17) is 16.3 Å². The minimum Gasteiger partial charge on any atom is -0.485 e. The van der Waals surface area contributed by atoms with Crippen molar-refractivity contribution in [2.24, 2.45) is 0 Å². The van der Waals surface area contributed by atoms with E-state index in [1.807, 2.05) is 0 Å². The third-order valence-corrected chi connectivity index (χ3v) is 8.89. The predicted molar refractivity (Wildman–Crippen MR) is 129 cm³/mol. The van der Waals surface area contributed by atoms with Gasteiger partial charge in [0.05, 0.1) is 16.8 Å². The molecule has 0 aliphatic carbocycles. The van der Waals surface area contributed by atoms with Crippen LogP contribution in [0.5, 0.6) is 5.75 Å². The molecule has 5 nitrogen and oxygen atoms in total. The molecule has 1 atom stereocenters. The number of ether oxygens (including phenoxy) is 1. The van der Waals surface area contributed by atoms with E-state index in [0.29, 0.717) is 30.8 Å². The highest BCUT2D eigenvalue weighted by Gasteiger charge is 2.38. The minimum atomic E-state index is -4.73. The number of halogens is 7. The van der Waals surface area contributed by atoms with Crippen molar-refractivity contribution in [2.45, 2.75) is 35.5 Å². The highest BCUT2D eigenvalue weighted by molar-refractivity contribution is 7.94. The molecule has 0 spiro atoms. The van der Waals surface area contributed by atoms with E-state index in [1.165, 1.54) is 18.2 Å². The van der Waals surface area contributed by atoms with Gasteiger partial charge < -0.3 is 10.1 Å². The number of rotatable bonds is 6. The van der Waals surface area contributed by atoms with Crippen molar-refractivity contribution in [3.8, 4) is 16.9 Å². The molecule has 37 heavy (non-hydrogen) atoms. The number of thiophene rings is 1. The van der Waals surface area contributed by atoms with Crippen LogP contribution in [0.3, 0.4) is 0 Å². The molecule has 0 amide bonds. The SMILES string of the molecule is C[C@@]1(Oc2cc(NS(=O)(=O)c3cc(-c4ccc(C(F)(F)F)cc4)c(Cl)s3)ccc2C(F)(F)F)CCNC1. The largest absolute Gasteiger partial charge is 0.485 e. The van der Waals surface area contributed by atoms with Gasteiger partial charge in [-0.2, -0.15) is 26.3 Å². The van der Waals surface area contributed by atoms with Crippen LogP contribution < -0.4 is 14.8 Å². The number of sulfonamides is 1. The molecule has 4 rings (SSSR count). The van der Waals surface area contributed by atoms with Crippen LogP contribution in [0.4, 0.5) is 32.0 Å². The molecule has 14 heteroatoms. The molecule has 1 aromatic heterocycles. The molecule has 0 radical (unpaired) electrons. The Labute approximate surface area is 217 Å². The topological polar surface area (TPSA) is 67.4 Å². The van der Waals surface area contributed by atoms with Gasteiger partial charge in [-0.1, -0.05) is 23.7 Å². The molecule has 1 aliphatic heterocycles. The van der Waals surface area contributed by atoms with Gasteiger partial charge in [0.1, 0.15) is 19.9 Å². The Kier molecular flexibility index (Phi) is 7.21. The van der Waals surface area contributed by atoms with Crippen LogP contribution in [0.2, 0.25) is 4.34 Å². The number of anilines is 1. The Morgan fingerprint density at radius 2 is 1.70 bits per heavy atom. The van der Waals surface area contributed by atoms with Crippen molar-refractivity contribution in [3.63, 3.8) is 0 Å². The van der Waals surface area contributed by atoms with E-state index in [2.05, 4.69) is 10.0 Å². The maximum absolute atomic E-state index is 13.6. The van der Waals surface area contributed by atoms with E-state index < -0.39 is 44.9 Å². The summed E-state index contributed by atoms with van der Waals surface area (Å²) in [7, 11) is -4.31. The Balaban J connectivity index is 1.62. The van der Waals surface area contributed by atoms with Crippen LogP contribution in [-0.2, 0) is 22.4 Å². The molecule has 2 N–H and O–H groups in total. The molecule has 0 bridgehead atoms. The fourth-order valence-electron chi connectivity index (χ4n) is 3.77. The first kappa shape index (κ1) is 27.6. The van der Waals surface area contributed by atoms with E-state index >= 15 is 0 Å². The Morgan fingerprint density at radius 1 is 1.03 bits per heavy atom. The lowest BCUT2D eigenvalue weighted by atomic mass is 10.1. The Bertz CT molecular complexity index is 1400. The van der Waals surface area contributed by atoms with E-state index in [0.717, 1.165) is 30.3 Å². The second-order valence-corrected chi connectivity index (χ2v) is 12.2. The molecule has 200 valence electrons. The normalized spacial score (nSPS) is 18.7. The van der Waals surface area contributed by atoms with Gasteiger partial charge in [-0.05, 0) is 49.4 Å². The van der Waals surface area contributed by atoms with Gasteiger partial charge in [0.2, 0.25) is 0 Å². The van der Waals surface area contributed by atoms with Gasteiger partial charge in [0.25, 0.3) is 10.0 Å². The molecule has 3 aromatic rings. The van der Waals surface area contributed by atoms with Gasteiger partial charge in [0, 0.05) is 24.6 Å². The van der Waals surface area contributed by atoms with E-state index in [9.17, 15) is 34.8 Å². The van der Waals surface area contributed by atoms with Crippen LogP contribution in [0.1, 0.15) is 24.5 Å². The zero-order valence-electron chi connectivity index (χ0n) is 18.9. The van der Waals surface area contributed by atoms with Gasteiger partial charge >= 0.3 is 12.4 Å². The molecule has 1 aliphatic rings. The average Bonchev–Trinajstić information content (AvgIpc) is 3.38. The number of benzene rings is 2. The summed E-state index contributed by atoms with van der Waals surface area (Å²) in [5.74, 6) is -0.520. The van der Waals surface area contributed by atoms with Crippen LogP contribution in [-0.4, -0.2) is 27.1 Å². The first-order valence-electron chi connectivity index (χ1n) is 10.7. The van der Waals surface area contributed by atoms with Crippen molar-refractivity contribution in [3.05, 3.63) is 64.0 Å². The summed E-state index contributed by atoms with van der Waals surface area (Å²) in [6, 6.07) is 7.87. The van der Waals surface area contributed by atoms with Crippen LogP contribution >= 0.6 is 22.9 Å². The molecule has 2 aromatic carbocycles. The monoisotopic (exact) mass is 584 g/mol. The molecule has 2 heterocycles. The summed E-state index contributed by atoms with van der Waals surface area (Å²) in [5.41, 5.74) is -2.54. The van der Waals surface area contributed by atoms with Crippen molar-refractivity contribution in [1.82, 2.24) is 5.32 Å². The lowest BCUT2D eigenvalue weighted by Crippen LogP contribution is -2.35. The van der Waals surface area contributed by atoms with Crippen LogP contribution in [0.25, 0.3) is 11.1 Å². The molecule has 0 saturated carbocycles. The number of alkyl halides is 6. The van der Waals surface area contributed by atoms with Crippen molar-refractivity contribution >= 4 is 38.6 Å². The van der Waals surface area contributed by atoms with Gasteiger partial charge in [-0.25, -0.2) is 8.42 Å². The lowest BCUT2D eigenvalue weighted by molar-refractivity contribution is -0.140.